The molecule has 0 aliphatic carbocycles. The summed E-state index contributed by atoms with van der Waals surface area (Å²) < 4.78 is 0. The average molecular weight is 236 g/mol. The summed E-state index contributed by atoms with van der Waals surface area (Å²) in [5, 5.41) is 6.67. The third-order valence-corrected chi connectivity index (χ3v) is 1.19. The van der Waals surface area contributed by atoms with Crippen LogP contribution in [0.4, 0.5) is 0 Å². The molecule has 0 aromatic rings. The molecule has 1 atom stereocenters. The van der Waals surface area contributed by atoms with Gasteiger partial charge in [-0.15, -0.1) is 5.54 Å². The molecule has 0 aliphatic rings. The van der Waals surface area contributed by atoms with E-state index in [1.807, 2.05) is 0 Å². The molecule has 0 fully saturated rings. The Labute approximate surface area is 94.9 Å². The summed E-state index contributed by atoms with van der Waals surface area (Å²) in [6.07, 6.45) is 0.825. The summed E-state index contributed by atoms with van der Waals surface area (Å²) in [6.45, 7) is 19.0. The maximum atomic E-state index is 3.96. The van der Waals surface area contributed by atoms with Crippen LogP contribution in [-0.4, -0.2) is 16.7 Å². The van der Waals surface area contributed by atoms with E-state index in [-0.39, 0.29) is 5.54 Å². The molecule has 1 unspecified atom stereocenters. The van der Waals surface area contributed by atoms with Crippen LogP contribution in [0, 0.1) is 20.8 Å². The van der Waals surface area contributed by atoms with Crippen molar-refractivity contribution in [2.75, 3.05) is 0 Å². The zero-order valence-corrected chi connectivity index (χ0v) is 12.8. The van der Waals surface area contributed by atoms with E-state index < -0.39 is 0 Å². The van der Waals surface area contributed by atoms with E-state index in [0.29, 0.717) is 6.04 Å². The summed E-state index contributed by atoms with van der Waals surface area (Å²) in [4.78, 5) is 0. The first-order chi connectivity index (χ1) is 5.98. The number of hydrogen-bond acceptors (Lipinski definition) is 1. The van der Waals surface area contributed by atoms with Gasteiger partial charge in [0.05, 0.1) is 0 Å². The Hall–Kier alpha value is 0.453. The van der Waals surface area contributed by atoms with Gasteiger partial charge in [0, 0.05) is 0 Å². The van der Waals surface area contributed by atoms with Gasteiger partial charge in [0.25, 0.3) is 0 Å². The van der Waals surface area contributed by atoms with E-state index >= 15 is 0 Å². The van der Waals surface area contributed by atoms with Crippen molar-refractivity contribution < 1.29 is 17.9 Å². The number of hydrogen-bond donors (Lipinski definition) is 1. The van der Waals surface area contributed by atoms with Gasteiger partial charge in [0.15, 0.2) is 0 Å². The van der Waals surface area contributed by atoms with Crippen molar-refractivity contribution in [3.63, 3.8) is 0 Å². The fraction of sp³-hybridized carbons (Fsp3) is 0.636. The second kappa shape index (κ2) is 12.5. The van der Waals surface area contributed by atoms with Gasteiger partial charge in [-0.25, -0.2) is 0 Å². The SMILES string of the molecule is [CH2-]C.[CH2-]CC([CH2-])(C)NC(C)C.[CH2]=[Zn]. The first-order valence-electron chi connectivity index (χ1n) is 4.61. The summed E-state index contributed by atoms with van der Waals surface area (Å²) in [5.74, 6) is 0. The molecule has 0 rings (SSSR count). The van der Waals surface area contributed by atoms with Crippen LogP contribution in [0.3, 0.4) is 0 Å². The molecule has 13 heavy (non-hydrogen) atoms. The van der Waals surface area contributed by atoms with Crippen LogP contribution >= 0.6 is 0 Å². The molecular weight excluding hydrogens is 212 g/mol. The predicted molar refractivity (Wildman–Crippen MR) is 60.2 cm³/mol. The van der Waals surface area contributed by atoms with Gasteiger partial charge in [-0.3, -0.25) is 0 Å². The molecule has 0 amide bonds. The van der Waals surface area contributed by atoms with E-state index in [0.717, 1.165) is 24.3 Å². The van der Waals surface area contributed by atoms with Crippen molar-refractivity contribution in [1.82, 2.24) is 5.32 Å². The predicted octanol–water partition coefficient (Wildman–Crippen LogP) is 2.61. The van der Waals surface area contributed by atoms with Gasteiger partial charge in [0.2, 0.25) is 0 Å². The van der Waals surface area contributed by atoms with Crippen molar-refractivity contribution in [2.24, 2.45) is 0 Å². The normalized spacial score (nSPS) is 13.4. The Bertz CT molecular complexity index is 90.1. The van der Waals surface area contributed by atoms with Gasteiger partial charge < -0.3 is 26.1 Å². The summed E-state index contributed by atoms with van der Waals surface area (Å²) in [5.41, 5.74) is -0.0475. The molecule has 0 aliphatic heterocycles. The van der Waals surface area contributed by atoms with E-state index in [2.05, 4.69) is 52.0 Å². The first-order valence-corrected chi connectivity index (χ1v) is 6.71. The van der Waals surface area contributed by atoms with E-state index in [9.17, 15) is 0 Å². The van der Waals surface area contributed by atoms with Gasteiger partial charge >= 0.3 is 23.0 Å². The van der Waals surface area contributed by atoms with Crippen molar-refractivity contribution in [3.05, 3.63) is 20.8 Å². The van der Waals surface area contributed by atoms with Crippen LogP contribution in [0.1, 0.15) is 34.1 Å². The van der Waals surface area contributed by atoms with E-state index in [1.54, 1.807) is 6.92 Å². The average Bonchev–Trinajstić information content (AvgIpc) is 2.10. The summed E-state index contributed by atoms with van der Waals surface area (Å²) in [7, 11) is 0. The zero-order valence-electron chi connectivity index (χ0n) is 9.82. The third-order valence-electron chi connectivity index (χ3n) is 1.19. The topological polar surface area (TPSA) is 12.0 Å². The summed E-state index contributed by atoms with van der Waals surface area (Å²) >= 11 is 1.12. The van der Waals surface area contributed by atoms with Crippen LogP contribution in [0.25, 0.3) is 0 Å². The molecule has 0 saturated heterocycles. The van der Waals surface area contributed by atoms with Crippen molar-refractivity contribution in [2.45, 2.75) is 45.7 Å². The Morgan fingerprint density at radius 3 is 1.77 bits per heavy atom. The Kier molecular flexibility index (Phi) is 18.3. The quantitative estimate of drug-likeness (QED) is 0.586. The minimum atomic E-state index is -0.0475. The van der Waals surface area contributed by atoms with Crippen LogP contribution in [-0.2, 0) is 17.9 Å². The fourth-order valence-corrected chi connectivity index (χ4v) is 0.769. The van der Waals surface area contributed by atoms with Crippen molar-refractivity contribution in [3.8, 4) is 0 Å². The van der Waals surface area contributed by atoms with Crippen LogP contribution in [0.2, 0.25) is 0 Å². The van der Waals surface area contributed by atoms with Crippen molar-refractivity contribution >= 4 is 5.11 Å². The van der Waals surface area contributed by atoms with Crippen LogP contribution in [0.5, 0.6) is 0 Å². The maximum absolute atomic E-state index is 3.96. The molecule has 0 radical (unpaired) electrons. The van der Waals surface area contributed by atoms with Gasteiger partial charge in [-0.2, -0.15) is 13.3 Å². The van der Waals surface area contributed by atoms with E-state index in [1.165, 1.54) is 0 Å². The van der Waals surface area contributed by atoms with Gasteiger partial charge in [-0.05, 0) is 6.04 Å². The molecule has 0 aromatic carbocycles. The molecule has 2 heteroatoms. The molecule has 0 heterocycles. The number of nitrogens with one attached hydrogen (secondary N) is 1. The third kappa shape index (κ3) is 19.0. The standard InChI is InChI=1S/C8H17N.C2H5.CH2.Zn/c1-6-8(4,5)9-7(2)3;1-2;;/h7,9H,1,4,6H2,2-3,5H3;1H2,2H3;1H2;/q-2;-1;;. The zero-order chi connectivity index (χ0) is 11.5. The van der Waals surface area contributed by atoms with Gasteiger partial charge in [0.1, 0.15) is 0 Å². The Morgan fingerprint density at radius 2 is 1.69 bits per heavy atom. The summed E-state index contributed by atoms with van der Waals surface area (Å²) in [6, 6.07) is 0.495. The van der Waals surface area contributed by atoms with Gasteiger partial charge in [-0.1, -0.05) is 20.8 Å². The molecule has 1 nitrogen and oxygen atoms in total. The molecule has 0 bridgehead atoms. The molecule has 0 spiro atoms. The molecular formula is C11H24NZn-3. The monoisotopic (exact) mass is 234 g/mol. The second-order valence-corrected chi connectivity index (χ2v) is 3.11. The fourth-order valence-electron chi connectivity index (χ4n) is 0.769. The minimum absolute atomic E-state index is 0.0475. The molecule has 0 saturated carbocycles. The molecule has 78 valence electrons. The first kappa shape index (κ1) is 19.1. The Balaban J connectivity index is -0.000000218. The molecule has 1 N–H and O–H groups in total. The van der Waals surface area contributed by atoms with Crippen molar-refractivity contribution in [1.29, 1.82) is 0 Å². The van der Waals surface area contributed by atoms with Crippen LogP contribution in [0.15, 0.2) is 0 Å². The molecule has 0 aromatic heterocycles. The van der Waals surface area contributed by atoms with E-state index in [4.69, 9.17) is 0 Å². The van der Waals surface area contributed by atoms with Crippen LogP contribution < -0.4 is 5.32 Å². The second-order valence-electron chi connectivity index (χ2n) is 3.11. The number of rotatable bonds is 3. The Morgan fingerprint density at radius 1 is 1.38 bits per heavy atom.